The number of aromatic nitrogens is 1. The number of carbonyl (C=O) groups excluding carboxylic acids is 1. The van der Waals surface area contributed by atoms with Crippen LogP contribution in [-0.4, -0.2) is 41.7 Å². The third-order valence-corrected chi connectivity index (χ3v) is 5.97. The van der Waals surface area contributed by atoms with Gasteiger partial charge in [-0.2, -0.15) is 0 Å². The van der Waals surface area contributed by atoms with Crippen molar-refractivity contribution in [3.63, 3.8) is 0 Å². The van der Waals surface area contributed by atoms with Crippen LogP contribution in [0.3, 0.4) is 0 Å². The Morgan fingerprint density at radius 2 is 2.07 bits per heavy atom. The molecule has 1 amide bonds. The van der Waals surface area contributed by atoms with E-state index in [0.29, 0.717) is 19.7 Å². The predicted octanol–water partition coefficient (Wildman–Crippen LogP) is 4.59. The molecule has 6 heteroatoms. The molecule has 0 aliphatic carbocycles. The van der Waals surface area contributed by atoms with E-state index in [1.165, 1.54) is 11.3 Å². The van der Waals surface area contributed by atoms with Gasteiger partial charge >= 0.3 is 0 Å². The standard InChI is InChI=1S/C24H26N2O3S/c27-24(23-7-4-16-30-23)26(18-22-6-3-14-28-22)17-19-8-10-21(11-9-19)29-15-12-20-5-1-2-13-25-20/h1-2,4-5,7-11,13,16,22H,3,6,12,14-15,17-18H2/t22-/m0/s1. The Hall–Kier alpha value is -2.70. The van der Waals surface area contributed by atoms with Gasteiger partial charge in [-0.05, 0) is 54.1 Å². The Labute approximate surface area is 181 Å². The number of carbonyl (C=O) groups is 1. The zero-order valence-corrected chi connectivity index (χ0v) is 17.7. The molecule has 4 rings (SSSR count). The van der Waals surface area contributed by atoms with Crippen LogP contribution in [0.4, 0.5) is 0 Å². The van der Waals surface area contributed by atoms with Crippen molar-refractivity contribution in [2.45, 2.75) is 31.9 Å². The van der Waals surface area contributed by atoms with Gasteiger partial charge in [-0.1, -0.05) is 24.3 Å². The lowest BCUT2D eigenvalue weighted by Gasteiger charge is -2.25. The van der Waals surface area contributed by atoms with E-state index in [-0.39, 0.29) is 12.0 Å². The number of pyridine rings is 1. The molecule has 1 aromatic carbocycles. The SMILES string of the molecule is O=C(c1cccs1)N(Cc1ccc(OCCc2ccccn2)cc1)C[C@@H]1CCCO1. The molecule has 5 nitrogen and oxygen atoms in total. The highest BCUT2D eigenvalue weighted by atomic mass is 32.1. The molecule has 2 aromatic heterocycles. The van der Waals surface area contributed by atoms with Gasteiger partial charge < -0.3 is 14.4 Å². The molecule has 0 radical (unpaired) electrons. The fourth-order valence-corrected chi connectivity index (χ4v) is 4.23. The van der Waals surface area contributed by atoms with Gasteiger partial charge in [-0.15, -0.1) is 11.3 Å². The maximum Gasteiger partial charge on any atom is 0.264 e. The van der Waals surface area contributed by atoms with Crippen LogP contribution in [0, 0.1) is 0 Å². The summed E-state index contributed by atoms with van der Waals surface area (Å²) in [6.45, 7) is 2.55. The van der Waals surface area contributed by atoms with Crippen LogP contribution < -0.4 is 4.74 Å². The average Bonchev–Trinajstić information content (AvgIpc) is 3.49. The predicted molar refractivity (Wildman–Crippen MR) is 118 cm³/mol. The van der Waals surface area contributed by atoms with Crippen molar-refractivity contribution in [3.05, 3.63) is 82.3 Å². The zero-order chi connectivity index (χ0) is 20.6. The van der Waals surface area contributed by atoms with Crippen LogP contribution in [0.25, 0.3) is 0 Å². The molecule has 1 saturated heterocycles. The van der Waals surface area contributed by atoms with Crippen LogP contribution >= 0.6 is 11.3 Å². The summed E-state index contributed by atoms with van der Waals surface area (Å²) in [6.07, 6.45) is 4.77. The maximum atomic E-state index is 13.0. The summed E-state index contributed by atoms with van der Waals surface area (Å²) in [6, 6.07) is 17.7. The molecule has 0 N–H and O–H groups in total. The second kappa shape index (κ2) is 10.4. The van der Waals surface area contributed by atoms with E-state index in [2.05, 4.69) is 4.98 Å². The second-order valence-electron chi connectivity index (χ2n) is 7.36. The molecule has 3 heterocycles. The summed E-state index contributed by atoms with van der Waals surface area (Å²) in [4.78, 5) is 20.0. The molecule has 1 aliphatic heterocycles. The lowest BCUT2D eigenvalue weighted by atomic mass is 10.1. The van der Waals surface area contributed by atoms with E-state index in [1.54, 1.807) is 6.20 Å². The van der Waals surface area contributed by atoms with Crippen LogP contribution in [0.2, 0.25) is 0 Å². The minimum atomic E-state index is 0.0659. The molecule has 156 valence electrons. The largest absolute Gasteiger partial charge is 0.493 e. The van der Waals surface area contributed by atoms with E-state index in [4.69, 9.17) is 9.47 Å². The van der Waals surface area contributed by atoms with Crippen molar-refractivity contribution >= 4 is 17.2 Å². The van der Waals surface area contributed by atoms with Gasteiger partial charge in [0.1, 0.15) is 5.75 Å². The molecule has 1 atom stereocenters. The van der Waals surface area contributed by atoms with E-state index in [0.717, 1.165) is 47.8 Å². The molecule has 1 fully saturated rings. The number of hydrogen-bond donors (Lipinski definition) is 0. The van der Waals surface area contributed by atoms with Crippen molar-refractivity contribution in [2.24, 2.45) is 0 Å². The second-order valence-corrected chi connectivity index (χ2v) is 8.31. The number of ether oxygens (including phenoxy) is 2. The van der Waals surface area contributed by atoms with Crippen LogP contribution in [0.1, 0.15) is 33.8 Å². The van der Waals surface area contributed by atoms with Crippen molar-refractivity contribution < 1.29 is 14.3 Å². The van der Waals surface area contributed by atoms with Gasteiger partial charge in [0.25, 0.3) is 5.91 Å². The Bertz CT molecular complexity index is 907. The lowest BCUT2D eigenvalue weighted by molar-refractivity contribution is 0.0511. The van der Waals surface area contributed by atoms with Crippen LogP contribution in [0.15, 0.2) is 66.2 Å². The van der Waals surface area contributed by atoms with Gasteiger partial charge in [0, 0.05) is 38.0 Å². The van der Waals surface area contributed by atoms with Crippen molar-refractivity contribution in [3.8, 4) is 5.75 Å². The summed E-state index contributed by atoms with van der Waals surface area (Å²) in [5.41, 5.74) is 2.10. The Balaban J connectivity index is 1.35. The minimum absolute atomic E-state index is 0.0659. The van der Waals surface area contributed by atoms with Gasteiger partial charge in [0.2, 0.25) is 0 Å². The molecule has 30 heavy (non-hydrogen) atoms. The minimum Gasteiger partial charge on any atom is -0.493 e. The highest BCUT2D eigenvalue weighted by molar-refractivity contribution is 7.12. The first-order valence-corrected chi connectivity index (χ1v) is 11.2. The fraction of sp³-hybridized carbons (Fsp3) is 0.333. The molecular weight excluding hydrogens is 396 g/mol. The molecule has 0 saturated carbocycles. The fourth-order valence-electron chi connectivity index (χ4n) is 3.54. The normalized spacial score (nSPS) is 15.8. The smallest absolute Gasteiger partial charge is 0.264 e. The Morgan fingerprint density at radius 1 is 1.17 bits per heavy atom. The monoisotopic (exact) mass is 422 g/mol. The lowest BCUT2D eigenvalue weighted by Crippen LogP contribution is -2.36. The Kier molecular flexibility index (Phi) is 7.11. The molecule has 0 unspecified atom stereocenters. The summed E-state index contributed by atoms with van der Waals surface area (Å²) >= 11 is 1.48. The van der Waals surface area contributed by atoms with Crippen molar-refractivity contribution in [1.29, 1.82) is 0 Å². The first-order chi connectivity index (χ1) is 14.8. The van der Waals surface area contributed by atoms with E-state index >= 15 is 0 Å². The summed E-state index contributed by atoms with van der Waals surface area (Å²) in [5, 5.41) is 1.94. The molecule has 1 aliphatic rings. The van der Waals surface area contributed by atoms with Gasteiger partial charge in [0.05, 0.1) is 17.6 Å². The number of hydrogen-bond acceptors (Lipinski definition) is 5. The van der Waals surface area contributed by atoms with Gasteiger partial charge in [-0.3, -0.25) is 9.78 Å². The van der Waals surface area contributed by atoms with Gasteiger partial charge in [-0.25, -0.2) is 0 Å². The summed E-state index contributed by atoms with van der Waals surface area (Å²) in [5.74, 6) is 0.890. The number of rotatable bonds is 9. The third-order valence-electron chi connectivity index (χ3n) is 5.12. The van der Waals surface area contributed by atoms with E-state index in [1.807, 2.05) is 64.9 Å². The number of amides is 1. The first kappa shape index (κ1) is 20.6. The highest BCUT2D eigenvalue weighted by Gasteiger charge is 2.24. The summed E-state index contributed by atoms with van der Waals surface area (Å²) < 4.78 is 11.6. The third kappa shape index (κ3) is 5.68. The number of nitrogens with zero attached hydrogens (tertiary/aromatic N) is 2. The average molecular weight is 423 g/mol. The zero-order valence-electron chi connectivity index (χ0n) is 16.9. The quantitative estimate of drug-likeness (QED) is 0.506. The van der Waals surface area contributed by atoms with Gasteiger partial charge in [0.15, 0.2) is 0 Å². The molecular formula is C24H26N2O3S. The highest BCUT2D eigenvalue weighted by Crippen LogP contribution is 2.20. The summed E-state index contributed by atoms with van der Waals surface area (Å²) in [7, 11) is 0. The van der Waals surface area contributed by atoms with Crippen LogP contribution in [-0.2, 0) is 17.7 Å². The molecule has 0 bridgehead atoms. The number of thiophene rings is 1. The van der Waals surface area contributed by atoms with E-state index < -0.39 is 0 Å². The molecule has 3 aromatic rings. The maximum absolute atomic E-state index is 13.0. The Morgan fingerprint density at radius 3 is 2.77 bits per heavy atom. The van der Waals surface area contributed by atoms with Crippen molar-refractivity contribution in [2.75, 3.05) is 19.8 Å². The topological polar surface area (TPSA) is 51.7 Å². The molecule has 0 spiro atoms. The van der Waals surface area contributed by atoms with Crippen LogP contribution in [0.5, 0.6) is 5.75 Å². The number of benzene rings is 1. The van der Waals surface area contributed by atoms with E-state index in [9.17, 15) is 4.79 Å². The van der Waals surface area contributed by atoms with Crippen molar-refractivity contribution in [1.82, 2.24) is 9.88 Å². The first-order valence-electron chi connectivity index (χ1n) is 10.3.